The Bertz CT molecular complexity index is 400. The first-order chi connectivity index (χ1) is 8.48. The number of primary sulfonamides is 1. The van der Waals surface area contributed by atoms with Crippen molar-refractivity contribution in [2.75, 3.05) is 6.54 Å². The molecule has 18 heavy (non-hydrogen) atoms. The molecule has 2 fully saturated rings. The van der Waals surface area contributed by atoms with Crippen LogP contribution in [-0.2, 0) is 14.8 Å². The number of amides is 1. The summed E-state index contributed by atoms with van der Waals surface area (Å²) >= 11 is 0. The SMILES string of the molecule is NS(=O)(=O)C1CC(=O)N(C2CCCCCCC2)C1. The molecule has 1 aliphatic carbocycles. The van der Waals surface area contributed by atoms with Crippen LogP contribution >= 0.6 is 0 Å². The van der Waals surface area contributed by atoms with Gasteiger partial charge in [-0.2, -0.15) is 0 Å². The molecule has 1 atom stereocenters. The largest absolute Gasteiger partial charge is 0.338 e. The summed E-state index contributed by atoms with van der Waals surface area (Å²) in [6.45, 7) is 0.294. The van der Waals surface area contributed by atoms with Gasteiger partial charge in [0.2, 0.25) is 15.9 Å². The Labute approximate surface area is 109 Å². The van der Waals surface area contributed by atoms with Crippen LogP contribution in [0.4, 0.5) is 0 Å². The zero-order chi connectivity index (χ0) is 13.2. The second-order valence-corrected chi connectivity index (χ2v) is 7.30. The molecular formula is C12H22N2O3S. The first kappa shape index (κ1) is 13.8. The molecule has 1 heterocycles. The third-order valence-corrected chi connectivity index (χ3v) is 5.35. The number of carbonyl (C=O) groups excluding carboxylic acids is 1. The molecule has 2 N–H and O–H groups in total. The average Bonchev–Trinajstić information content (AvgIpc) is 2.59. The Morgan fingerprint density at radius 1 is 1.06 bits per heavy atom. The Kier molecular flexibility index (Phi) is 4.27. The Hall–Kier alpha value is -0.620. The van der Waals surface area contributed by atoms with E-state index in [2.05, 4.69) is 0 Å². The zero-order valence-electron chi connectivity index (χ0n) is 10.7. The first-order valence-corrected chi connectivity index (χ1v) is 8.40. The van der Waals surface area contributed by atoms with Gasteiger partial charge in [-0.05, 0) is 12.8 Å². The molecule has 6 heteroatoms. The molecule has 2 rings (SSSR count). The summed E-state index contributed by atoms with van der Waals surface area (Å²) in [4.78, 5) is 13.7. The molecule has 0 spiro atoms. The molecular weight excluding hydrogens is 252 g/mol. The lowest BCUT2D eigenvalue weighted by Crippen LogP contribution is -2.39. The Morgan fingerprint density at radius 3 is 2.11 bits per heavy atom. The summed E-state index contributed by atoms with van der Waals surface area (Å²) in [5.74, 6) is -0.0420. The first-order valence-electron chi connectivity index (χ1n) is 6.79. The predicted octanol–water partition coefficient (Wildman–Crippen LogP) is 0.989. The van der Waals surface area contributed by atoms with Gasteiger partial charge >= 0.3 is 0 Å². The summed E-state index contributed by atoms with van der Waals surface area (Å²) in [7, 11) is -3.59. The minimum Gasteiger partial charge on any atom is -0.338 e. The fourth-order valence-corrected chi connectivity index (χ4v) is 3.76. The number of carbonyl (C=O) groups is 1. The average molecular weight is 274 g/mol. The van der Waals surface area contributed by atoms with Crippen molar-refractivity contribution < 1.29 is 13.2 Å². The fourth-order valence-electron chi connectivity index (χ4n) is 3.02. The quantitative estimate of drug-likeness (QED) is 0.815. The molecule has 0 aromatic carbocycles. The number of nitrogens with two attached hydrogens (primary N) is 1. The van der Waals surface area contributed by atoms with Crippen molar-refractivity contribution in [3.63, 3.8) is 0 Å². The molecule has 0 radical (unpaired) electrons. The number of nitrogens with zero attached hydrogens (tertiary/aromatic N) is 1. The van der Waals surface area contributed by atoms with Gasteiger partial charge in [0.1, 0.15) is 5.25 Å². The van der Waals surface area contributed by atoms with Gasteiger partial charge in [-0.3, -0.25) is 4.79 Å². The molecule has 1 unspecified atom stereocenters. The van der Waals surface area contributed by atoms with Crippen LogP contribution in [0.5, 0.6) is 0 Å². The molecule has 2 aliphatic rings. The normalized spacial score (nSPS) is 28.2. The van der Waals surface area contributed by atoms with Crippen molar-refractivity contribution in [3.8, 4) is 0 Å². The third kappa shape index (κ3) is 3.23. The standard InChI is InChI=1S/C12H22N2O3S/c13-18(16,17)11-8-12(15)14(9-11)10-6-4-2-1-3-5-7-10/h10-11H,1-9H2,(H2,13,16,17). The summed E-state index contributed by atoms with van der Waals surface area (Å²) in [5, 5.41) is 4.45. The van der Waals surface area contributed by atoms with E-state index >= 15 is 0 Å². The van der Waals surface area contributed by atoms with Crippen LogP contribution in [0, 0.1) is 0 Å². The number of rotatable bonds is 2. The molecule has 1 amide bonds. The summed E-state index contributed by atoms with van der Waals surface area (Å²) in [6.07, 6.45) is 8.05. The van der Waals surface area contributed by atoms with Gasteiger partial charge in [0.25, 0.3) is 0 Å². The molecule has 104 valence electrons. The molecule has 1 saturated heterocycles. The Morgan fingerprint density at radius 2 is 1.61 bits per heavy atom. The summed E-state index contributed by atoms with van der Waals surface area (Å²) in [6, 6.07) is 0.226. The molecule has 1 saturated carbocycles. The molecule has 1 aliphatic heterocycles. The molecule has 0 aromatic heterocycles. The van der Waals surface area contributed by atoms with E-state index in [1.165, 1.54) is 19.3 Å². The van der Waals surface area contributed by atoms with E-state index in [4.69, 9.17) is 5.14 Å². The smallest absolute Gasteiger partial charge is 0.224 e. The zero-order valence-corrected chi connectivity index (χ0v) is 11.5. The fraction of sp³-hybridized carbons (Fsp3) is 0.917. The lowest BCUT2D eigenvalue weighted by atomic mass is 9.96. The molecule has 5 nitrogen and oxygen atoms in total. The summed E-state index contributed by atoms with van der Waals surface area (Å²) < 4.78 is 22.7. The maximum Gasteiger partial charge on any atom is 0.224 e. The maximum atomic E-state index is 11.9. The van der Waals surface area contributed by atoms with Gasteiger partial charge in [0, 0.05) is 19.0 Å². The van der Waals surface area contributed by atoms with Crippen LogP contribution in [0.3, 0.4) is 0 Å². The van der Waals surface area contributed by atoms with E-state index in [9.17, 15) is 13.2 Å². The van der Waals surface area contributed by atoms with Gasteiger partial charge < -0.3 is 4.90 Å². The van der Waals surface area contributed by atoms with Crippen LogP contribution in [0.1, 0.15) is 51.4 Å². The van der Waals surface area contributed by atoms with E-state index in [0.717, 1.165) is 25.7 Å². The molecule has 0 bridgehead atoms. The highest BCUT2D eigenvalue weighted by atomic mass is 32.2. The van der Waals surface area contributed by atoms with Crippen molar-refractivity contribution in [3.05, 3.63) is 0 Å². The number of sulfonamides is 1. The van der Waals surface area contributed by atoms with Crippen molar-refractivity contribution in [1.82, 2.24) is 4.90 Å². The highest BCUT2D eigenvalue weighted by Crippen LogP contribution is 2.26. The van der Waals surface area contributed by atoms with Crippen LogP contribution in [0.15, 0.2) is 0 Å². The number of hydrogen-bond donors (Lipinski definition) is 1. The van der Waals surface area contributed by atoms with E-state index in [1.54, 1.807) is 4.90 Å². The topological polar surface area (TPSA) is 80.5 Å². The van der Waals surface area contributed by atoms with Gasteiger partial charge in [-0.25, -0.2) is 13.6 Å². The highest BCUT2D eigenvalue weighted by molar-refractivity contribution is 7.89. The second-order valence-electron chi connectivity index (χ2n) is 5.46. The second kappa shape index (κ2) is 5.57. The minimum absolute atomic E-state index is 0.0420. The lowest BCUT2D eigenvalue weighted by Gasteiger charge is -2.29. The van der Waals surface area contributed by atoms with Crippen LogP contribution in [-0.4, -0.2) is 37.1 Å². The van der Waals surface area contributed by atoms with Crippen molar-refractivity contribution in [2.24, 2.45) is 5.14 Å². The third-order valence-electron chi connectivity index (χ3n) is 4.10. The van der Waals surface area contributed by atoms with E-state index in [1.807, 2.05) is 0 Å². The van der Waals surface area contributed by atoms with Gasteiger partial charge in [-0.1, -0.05) is 32.1 Å². The van der Waals surface area contributed by atoms with Gasteiger partial charge in [0.15, 0.2) is 0 Å². The van der Waals surface area contributed by atoms with Crippen LogP contribution < -0.4 is 5.14 Å². The van der Waals surface area contributed by atoms with E-state index < -0.39 is 15.3 Å². The Balaban J connectivity index is 2.01. The molecule has 0 aromatic rings. The minimum atomic E-state index is -3.59. The van der Waals surface area contributed by atoms with Crippen LogP contribution in [0.25, 0.3) is 0 Å². The highest BCUT2D eigenvalue weighted by Gasteiger charge is 2.39. The van der Waals surface area contributed by atoms with Crippen molar-refractivity contribution in [2.45, 2.75) is 62.7 Å². The van der Waals surface area contributed by atoms with E-state index in [-0.39, 0.29) is 18.4 Å². The van der Waals surface area contributed by atoms with Crippen molar-refractivity contribution >= 4 is 15.9 Å². The summed E-state index contributed by atoms with van der Waals surface area (Å²) in [5.41, 5.74) is 0. The van der Waals surface area contributed by atoms with E-state index in [0.29, 0.717) is 6.54 Å². The monoisotopic (exact) mass is 274 g/mol. The number of hydrogen-bond acceptors (Lipinski definition) is 3. The maximum absolute atomic E-state index is 11.9. The van der Waals surface area contributed by atoms with Gasteiger partial charge in [-0.15, -0.1) is 0 Å². The number of likely N-dealkylation sites (tertiary alicyclic amines) is 1. The van der Waals surface area contributed by atoms with Gasteiger partial charge in [0.05, 0.1) is 0 Å². The van der Waals surface area contributed by atoms with Crippen LogP contribution in [0.2, 0.25) is 0 Å². The van der Waals surface area contributed by atoms with Crippen molar-refractivity contribution in [1.29, 1.82) is 0 Å². The predicted molar refractivity (Wildman–Crippen MR) is 69.3 cm³/mol. The lowest BCUT2D eigenvalue weighted by molar-refractivity contribution is -0.130.